The van der Waals surface area contributed by atoms with E-state index in [0.717, 1.165) is 5.56 Å². The number of nitrogens with zero attached hydrogens (tertiary/aromatic N) is 3. The first-order valence-corrected chi connectivity index (χ1v) is 17.7. The lowest BCUT2D eigenvalue weighted by Crippen LogP contribution is -2.33. The number of alkyl carbamates (subject to hydrolysis) is 1. The van der Waals surface area contributed by atoms with Crippen molar-refractivity contribution in [3.05, 3.63) is 35.7 Å². The van der Waals surface area contributed by atoms with Crippen molar-refractivity contribution < 1.29 is 61.8 Å². The number of ether oxygens (including phenoxy) is 9. The van der Waals surface area contributed by atoms with Crippen molar-refractivity contribution >= 4 is 35.7 Å². The SMILES string of the molecule is CCc1ccc(NC(=O)CNC=O)cc1NC(=O)CNC(=O)OCc1cn(CCOCCOCCOCCOCCOCCOCCOCCOC)nn1. The van der Waals surface area contributed by atoms with Gasteiger partial charge in [-0.2, -0.15) is 0 Å². The van der Waals surface area contributed by atoms with E-state index in [1.165, 1.54) is 0 Å². The van der Waals surface area contributed by atoms with Gasteiger partial charge in [0.15, 0.2) is 0 Å². The van der Waals surface area contributed by atoms with Gasteiger partial charge in [-0.1, -0.05) is 18.2 Å². The number of hydrogen-bond donors (Lipinski definition) is 4. The number of aryl methyl sites for hydroxylation is 1. The Bertz CT molecular complexity index is 1320. The highest BCUT2D eigenvalue weighted by atomic mass is 16.6. The van der Waals surface area contributed by atoms with Crippen LogP contribution >= 0.6 is 0 Å². The molecule has 0 aliphatic rings. The molecule has 54 heavy (non-hydrogen) atoms. The molecule has 4 amide bonds. The maximum Gasteiger partial charge on any atom is 0.407 e. The monoisotopic (exact) mass is 769 g/mol. The van der Waals surface area contributed by atoms with Gasteiger partial charge in [-0.25, -0.2) is 9.48 Å². The van der Waals surface area contributed by atoms with E-state index in [4.69, 9.17) is 42.6 Å². The van der Waals surface area contributed by atoms with E-state index in [2.05, 4.69) is 31.6 Å². The highest BCUT2D eigenvalue weighted by Crippen LogP contribution is 2.21. The minimum Gasteiger partial charge on any atom is -0.443 e. The van der Waals surface area contributed by atoms with Gasteiger partial charge in [0.2, 0.25) is 18.2 Å². The molecular formula is C34H55N7O13. The van der Waals surface area contributed by atoms with E-state index in [-0.39, 0.29) is 19.7 Å². The van der Waals surface area contributed by atoms with E-state index in [9.17, 15) is 19.2 Å². The molecule has 0 bridgehead atoms. The smallest absolute Gasteiger partial charge is 0.407 e. The molecule has 0 fully saturated rings. The molecular weight excluding hydrogens is 714 g/mol. The number of rotatable bonds is 34. The van der Waals surface area contributed by atoms with Crippen molar-refractivity contribution in [2.45, 2.75) is 26.5 Å². The summed E-state index contributed by atoms with van der Waals surface area (Å²) in [5.74, 6) is -0.916. The summed E-state index contributed by atoms with van der Waals surface area (Å²) in [6.07, 6.45) is 1.86. The Morgan fingerprint density at radius 1 is 0.722 bits per heavy atom. The number of carbonyl (C=O) groups is 4. The van der Waals surface area contributed by atoms with Crippen molar-refractivity contribution in [3.8, 4) is 0 Å². The maximum absolute atomic E-state index is 12.5. The number of amides is 4. The Balaban J connectivity index is 1.42. The van der Waals surface area contributed by atoms with Crippen LogP contribution in [-0.4, -0.2) is 159 Å². The average molecular weight is 770 g/mol. The molecule has 2 aromatic rings. The van der Waals surface area contributed by atoms with Gasteiger partial charge >= 0.3 is 6.09 Å². The molecule has 0 saturated heterocycles. The molecule has 304 valence electrons. The van der Waals surface area contributed by atoms with Crippen LogP contribution in [0.15, 0.2) is 24.4 Å². The van der Waals surface area contributed by atoms with Gasteiger partial charge in [0.05, 0.1) is 118 Å². The van der Waals surface area contributed by atoms with Crippen LogP contribution in [0.5, 0.6) is 0 Å². The van der Waals surface area contributed by atoms with Crippen LogP contribution in [0.4, 0.5) is 16.2 Å². The number of benzene rings is 1. The average Bonchev–Trinajstić information content (AvgIpc) is 3.63. The number of anilines is 2. The number of hydrogen-bond acceptors (Lipinski definition) is 15. The van der Waals surface area contributed by atoms with Crippen molar-refractivity contribution in [2.75, 3.05) is 130 Å². The van der Waals surface area contributed by atoms with E-state index >= 15 is 0 Å². The summed E-state index contributed by atoms with van der Waals surface area (Å²) in [4.78, 5) is 46.9. The molecule has 2 rings (SSSR count). The topological polar surface area (TPSA) is 230 Å². The van der Waals surface area contributed by atoms with Crippen LogP contribution < -0.4 is 21.3 Å². The van der Waals surface area contributed by atoms with Crippen molar-refractivity contribution in [1.82, 2.24) is 25.6 Å². The van der Waals surface area contributed by atoms with Gasteiger partial charge < -0.3 is 63.9 Å². The molecule has 0 radical (unpaired) electrons. The Labute approximate surface area is 315 Å². The van der Waals surface area contributed by atoms with E-state index < -0.39 is 17.9 Å². The molecule has 1 heterocycles. The Morgan fingerprint density at radius 3 is 1.80 bits per heavy atom. The van der Waals surface area contributed by atoms with Crippen molar-refractivity contribution in [2.24, 2.45) is 0 Å². The predicted octanol–water partition coefficient (Wildman–Crippen LogP) is 0.153. The molecule has 0 spiro atoms. The first-order chi connectivity index (χ1) is 26.4. The van der Waals surface area contributed by atoms with Gasteiger partial charge in [0.25, 0.3) is 0 Å². The van der Waals surface area contributed by atoms with Crippen LogP contribution in [0, 0.1) is 0 Å². The second-order valence-electron chi connectivity index (χ2n) is 11.0. The van der Waals surface area contributed by atoms with Crippen LogP contribution in [-0.2, 0) is 76.6 Å². The van der Waals surface area contributed by atoms with E-state index in [1.54, 1.807) is 36.2 Å². The molecule has 0 unspecified atom stereocenters. The largest absolute Gasteiger partial charge is 0.443 e. The fraction of sp³-hybridized carbons (Fsp3) is 0.647. The third-order valence-corrected chi connectivity index (χ3v) is 6.85. The summed E-state index contributed by atoms with van der Waals surface area (Å²) < 4.78 is 49.7. The summed E-state index contributed by atoms with van der Waals surface area (Å²) in [5, 5.41) is 18.0. The van der Waals surface area contributed by atoms with Gasteiger partial charge in [0, 0.05) is 18.5 Å². The lowest BCUT2D eigenvalue weighted by Gasteiger charge is -2.13. The number of methoxy groups -OCH3 is 1. The quantitative estimate of drug-likeness (QED) is 0.0549. The second-order valence-corrected chi connectivity index (χ2v) is 11.0. The summed E-state index contributed by atoms with van der Waals surface area (Å²) in [7, 11) is 1.63. The Hall–Kier alpha value is -4.28. The summed E-state index contributed by atoms with van der Waals surface area (Å²) >= 11 is 0. The second kappa shape index (κ2) is 31.1. The normalized spacial score (nSPS) is 10.9. The zero-order valence-corrected chi connectivity index (χ0v) is 31.2. The van der Waals surface area contributed by atoms with E-state index in [1.807, 2.05) is 6.92 Å². The maximum atomic E-state index is 12.5. The van der Waals surface area contributed by atoms with Gasteiger partial charge in [-0.05, 0) is 24.1 Å². The zero-order chi connectivity index (χ0) is 38.9. The van der Waals surface area contributed by atoms with Crippen LogP contribution in [0.25, 0.3) is 0 Å². The zero-order valence-electron chi connectivity index (χ0n) is 31.2. The third-order valence-electron chi connectivity index (χ3n) is 6.85. The molecule has 4 N–H and O–H groups in total. The van der Waals surface area contributed by atoms with Crippen molar-refractivity contribution in [1.29, 1.82) is 0 Å². The summed E-state index contributed by atoms with van der Waals surface area (Å²) in [6, 6.07) is 5.04. The van der Waals surface area contributed by atoms with Gasteiger partial charge in [-0.3, -0.25) is 14.4 Å². The lowest BCUT2D eigenvalue weighted by atomic mass is 10.1. The first-order valence-electron chi connectivity index (χ1n) is 17.7. The number of carbonyl (C=O) groups excluding carboxylic acids is 4. The highest BCUT2D eigenvalue weighted by molar-refractivity contribution is 5.97. The molecule has 20 nitrogen and oxygen atoms in total. The Morgan fingerprint density at radius 2 is 1.26 bits per heavy atom. The molecule has 0 atom stereocenters. The van der Waals surface area contributed by atoms with Crippen LogP contribution in [0.1, 0.15) is 18.2 Å². The molecule has 0 aliphatic heterocycles. The third kappa shape index (κ3) is 23.4. The predicted molar refractivity (Wildman–Crippen MR) is 193 cm³/mol. The molecule has 0 aliphatic carbocycles. The lowest BCUT2D eigenvalue weighted by molar-refractivity contribution is -0.118. The fourth-order valence-electron chi connectivity index (χ4n) is 4.19. The standard InChI is InChI=1S/C34H55N7O13/c1-3-28-4-5-29(37-32(43)23-35-27-42)22-31(28)38-33(44)24-36-34(45)54-26-30-25-41(40-39-30)6-7-47-10-11-49-14-15-51-18-19-53-21-20-52-17-16-50-13-12-48-9-8-46-2/h4-5,22,25,27H,3,6-21,23-24,26H2,1-2H3,(H,35,42)(H,36,45)(H,37,43)(H,38,44). The molecule has 1 aromatic carbocycles. The molecule has 20 heteroatoms. The van der Waals surface area contributed by atoms with Crippen LogP contribution in [0.2, 0.25) is 0 Å². The van der Waals surface area contributed by atoms with Crippen LogP contribution in [0.3, 0.4) is 0 Å². The summed E-state index contributed by atoms with van der Waals surface area (Å²) in [5.41, 5.74) is 2.16. The van der Waals surface area contributed by atoms with E-state index in [0.29, 0.717) is 136 Å². The summed E-state index contributed by atoms with van der Waals surface area (Å²) in [6.45, 7) is 8.84. The molecule has 1 aromatic heterocycles. The minimum atomic E-state index is -0.808. The van der Waals surface area contributed by atoms with Crippen molar-refractivity contribution in [3.63, 3.8) is 0 Å². The number of aromatic nitrogens is 3. The minimum absolute atomic E-state index is 0.144. The number of nitrogens with one attached hydrogen (secondary N) is 4. The van der Waals surface area contributed by atoms with Gasteiger partial charge in [0.1, 0.15) is 18.8 Å². The van der Waals surface area contributed by atoms with Gasteiger partial charge in [-0.15, -0.1) is 5.10 Å². The highest BCUT2D eigenvalue weighted by Gasteiger charge is 2.12. The Kier molecular flexibility index (Phi) is 26.4. The molecule has 0 saturated carbocycles. The first kappa shape index (κ1) is 45.9. The fourth-order valence-corrected chi connectivity index (χ4v) is 4.19.